The van der Waals surface area contributed by atoms with Gasteiger partial charge >= 0.3 is 12.0 Å². The molecular formula is C20H20N2O6. The highest BCUT2D eigenvalue weighted by Gasteiger charge is 2.20. The monoisotopic (exact) mass is 384 g/mol. The average Bonchev–Trinajstić information content (AvgIpc) is 2.67. The number of hydrogen-bond acceptors (Lipinski definition) is 6. The van der Waals surface area contributed by atoms with Gasteiger partial charge in [-0.2, -0.15) is 0 Å². The molecular weight excluding hydrogens is 364 g/mol. The molecule has 0 saturated heterocycles. The van der Waals surface area contributed by atoms with Gasteiger partial charge in [0.05, 0.1) is 0 Å². The molecule has 0 bridgehead atoms. The second-order valence-electron chi connectivity index (χ2n) is 5.81. The van der Waals surface area contributed by atoms with Gasteiger partial charge in [0, 0.05) is 11.3 Å². The number of esters is 1. The third-order valence-electron chi connectivity index (χ3n) is 3.56. The molecule has 0 radical (unpaired) electrons. The van der Waals surface area contributed by atoms with Crippen molar-refractivity contribution in [2.24, 2.45) is 0 Å². The normalized spacial score (nSPS) is 11.1. The topological polar surface area (TPSA) is 111 Å². The molecule has 0 heterocycles. The number of urea groups is 1. The molecule has 8 heteroatoms. The lowest BCUT2D eigenvalue weighted by atomic mass is 10.1. The van der Waals surface area contributed by atoms with Crippen LogP contribution in [0.2, 0.25) is 0 Å². The van der Waals surface area contributed by atoms with Crippen LogP contribution in [0.4, 0.5) is 10.5 Å². The smallest absolute Gasteiger partial charge is 0.344 e. The Labute approximate surface area is 161 Å². The minimum Gasteiger partial charge on any atom is -0.482 e. The second kappa shape index (κ2) is 9.86. The summed E-state index contributed by atoms with van der Waals surface area (Å²) < 4.78 is 10.2. The van der Waals surface area contributed by atoms with Crippen molar-refractivity contribution in [3.63, 3.8) is 0 Å². The van der Waals surface area contributed by atoms with Crippen LogP contribution in [0.5, 0.6) is 5.75 Å². The SMILES string of the molecule is CC(=O)c1ccc(OCC(=O)OC(C)C(=O)NC(=O)Nc2ccccc2)cc1. The third kappa shape index (κ3) is 6.56. The van der Waals surface area contributed by atoms with Crippen LogP contribution in [-0.2, 0) is 14.3 Å². The van der Waals surface area contributed by atoms with Crippen LogP contribution >= 0.6 is 0 Å². The Morgan fingerprint density at radius 2 is 1.61 bits per heavy atom. The minimum absolute atomic E-state index is 0.0814. The second-order valence-corrected chi connectivity index (χ2v) is 5.81. The first-order chi connectivity index (χ1) is 13.3. The van der Waals surface area contributed by atoms with E-state index < -0.39 is 30.6 Å². The Bertz CT molecular complexity index is 849. The molecule has 2 aromatic rings. The van der Waals surface area contributed by atoms with E-state index in [9.17, 15) is 19.2 Å². The van der Waals surface area contributed by atoms with Crippen molar-refractivity contribution in [2.45, 2.75) is 20.0 Å². The summed E-state index contributed by atoms with van der Waals surface area (Å²) in [7, 11) is 0. The lowest BCUT2D eigenvalue weighted by Gasteiger charge is -2.14. The van der Waals surface area contributed by atoms with Gasteiger partial charge < -0.3 is 14.8 Å². The summed E-state index contributed by atoms with van der Waals surface area (Å²) in [4.78, 5) is 46.7. The van der Waals surface area contributed by atoms with Gasteiger partial charge in [-0.3, -0.25) is 14.9 Å². The predicted molar refractivity (Wildman–Crippen MR) is 101 cm³/mol. The lowest BCUT2D eigenvalue weighted by Crippen LogP contribution is -2.42. The summed E-state index contributed by atoms with van der Waals surface area (Å²) in [5, 5.41) is 4.57. The number of rotatable bonds is 7. The van der Waals surface area contributed by atoms with Crippen LogP contribution in [0.1, 0.15) is 24.2 Å². The maximum absolute atomic E-state index is 11.9. The van der Waals surface area contributed by atoms with E-state index in [1.54, 1.807) is 54.6 Å². The van der Waals surface area contributed by atoms with Crippen LogP contribution in [0, 0.1) is 0 Å². The van der Waals surface area contributed by atoms with E-state index >= 15 is 0 Å². The Balaban J connectivity index is 1.75. The van der Waals surface area contributed by atoms with E-state index in [2.05, 4.69) is 10.6 Å². The first-order valence-corrected chi connectivity index (χ1v) is 8.45. The van der Waals surface area contributed by atoms with Gasteiger partial charge in [0.15, 0.2) is 18.5 Å². The number of para-hydroxylation sites is 1. The van der Waals surface area contributed by atoms with Crippen LogP contribution in [0.25, 0.3) is 0 Å². The predicted octanol–water partition coefficient (Wildman–Crippen LogP) is 2.55. The summed E-state index contributed by atoms with van der Waals surface area (Å²) in [6.45, 7) is 2.36. The van der Waals surface area contributed by atoms with Gasteiger partial charge in [-0.1, -0.05) is 18.2 Å². The Kier molecular flexibility index (Phi) is 7.27. The molecule has 0 aromatic heterocycles. The summed E-state index contributed by atoms with van der Waals surface area (Å²) in [6.07, 6.45) is -1.18. The summed E-state index contributed by atoms with van der Waals surface area (Å²) in [5.41, 5.74) is 1.04. The van der Waals surface area contributed by atoms with Gasteiger partial charge in [-0.15, -0.1) is 0 Å². The molecule has 146 valence electrons. The van der Waals surface area contributed by atoms with Gasteiger partial charge in [-0.25, -0.2) is 9.59 Å². The molecule has 3 amide bonds. The van der Waals surface area contributed by atoms with E-state index in [1.165, 1.54) is 13.8 Å². The van der Waals surface area contributed by atoms with Crippen molar-refractivity contribution >= 4 is 29.4 Å². The zero-order valence-corrected chi connectivity index (χ0v) is 15.4. The number of imide groups is 1. The lowest BCUT2D eigenvalue weighted by molar-refractivity contribution is -0.156. The zero-order chi connectivity index (χ0) is 20.5. The molecule has 1 unspecified atom stereocenters. The fraction of sp³-hybridized carbons (Fsp3) is 0.200. The number of ketones is 1. The van der Waals surface area contributed by atoms with Gasteiger partial charge in [0.2, 0.25) is 0 Å². The van der Waals surface area contributed by atoms with Crippen molar-refractivity contribution in [1.82, 2.24) is 5.32 Å². The van der Waals surface area contributed by atoms with Crippen LogP contribution < -0.4 is 15.4 Å². The Morgan fingerprint density at radius 3 is 2.21 bits per heavy atom. The number of amides is 3. The molecule has 0 aliphatic carbocycles. The van der Waals surface area contributed by atoms with E-state index in [4.69, 9.17) is 9.47 Å². The molecule has 0 spiro atoms. The molecule has 0 aliphatic rings. The highest BCUT2D eigenvalue weighted by Crippen LogP contribution is 2.12. The van der Waals surface area contributed by atoms with Crippen LogP contribution in [0.3, 0.4) is 0 Å². The van der Waals surface area contributed by atoms with Crippen molar-refractivity contribution in [3.8, 4) is 5.75 Å². The van der Waals surface area contributed by atoms with Crippen LogP contribution in [0.15, 0.2) is 54.6 Å². The average molecular weight is 384 g/mol. The van der Waals surface area contributed by atoms with Crippen molar-refractivity contribution in [2.75, 3.05) is 11.9 Å². The Morgan fingerprint density at radius 1 is 0.964 bits per heavy atom. The quantitative estimate of drug-likeness (QED) is 0.561. The highest BCUT2D eigenvalue weighted by molar-refractivity contribution is 6.02. The number of nitrogens with one attached hydrogen (secondary N) is 2. The summed E-state index contributed by atoms with van der Waals surface area (Å²) in [5.74, 6) is -1.25. The van der Waals surface area contributed by atoms with Gasteiger partial charge in [0.25, 0.3) is 5.91 Å². The van der Waals surface area contributed by atoms with Crippen molar-refractivity contribution in [1.29, 1.82) is 0 Å². The van der Waals surface area contributed by atoms with Gasteiger partial charge in [0.1, 0.15) is 5.75 Å². The molecule has 0 aliphatic heterocycles. The number of carbonyl (C=O) groups is 4. The van der Waals surface area contributed by atoms with Crippen molar-refractivity contribution < 1.29 is 28.7 Å². The third-order valence-corrected chi connectivity index (χ3v) is 3.56. The molecule has 1 atom stereocenters. The largest absolute Gasteiger partial charge is 0.482 e. The summed E-state index contributed by atoms with van der Waals surface area (Å²) >= 11 is 0. The van der Waals surface area contributed by atoms with E-state index in [-0.39, 0.29) is 5.78 Å². The molecule has 2 N–H and O–H groups in total. The number of Topliss-reactive ketones (excluding diaryl/α,β-unsaturated/α-hetero) is 1. The molecule has 0 fully saturated rings. The van der Waals surface area contributed by atoms with E-state index in [1.807, 2.05) is 0 Å². The van der Waals surface area contributed by atoms with Crippen molar-refractivity contribution in [3.05, 3.63) is 60.2 Å². The van der Waals surface area contributed by atoms with E-state index in [0.29, 0.717) is 17.0 Å². The molecule has 2 aromatic carbocycles. The fourth-order valence-electron chi connectivity index (χ4n) is 2.11. The van der Waals surface area contributed by atoms with Gasteiger partial charge in [-0.05, 0) is 50.2 Å². The number of carbonyl (C=O) groups excluding carboxylic acids is 4. The maximum Gasteiger partial charge on any atom is 0.344 e. The minimum atomic E-state index is -1.18. The number of anilines is 1. The van der Waals surface area contributed by atoms with Crippen LogP contribution in [-0.4, -0.2) is 36.4 Å². The number of benzene rings is 2. The number of hydrogen-bond donors (Lipinski definition) is 2. The first-order valence-electron chi connectivity index (χ1n) is 8.45. The maximum atomic E-state index is 11.9. The molecule has 2 rings (SSSR count). The van der Waals surface area contributed by atoms with E-state index in [0.717, 1.165) is 0 Å². The first kappa shape index (κ1) is 20.6. The fourth-order valence-corrected chi connectivity index (χ4v) is 2.11. The molecule has 8 nitrogen and oxygen atoms in total. The zero-order valence-electron chi connectivity index (χ0n) is 15.4. The molecule has 28 heavy (non-hydrogen) atoms. The highest BCUT2D eigenvalue weighted by atomic mass is 16.6. The Hall–Kier alpha value is -3.68. The standard InChI is InChI=1S/C20H20N2O6/c1-13(23)15-8-10-17(11-9-15)27-12-18(24)28-14(2)19(25)22-20(26)21-16-6-4-3-5-7-16/h3-11,14H,12H2,1-2H3,(H2,21,22,25,26). The molecule has 0 saturated carbocycles. The number of ether oxygens (including phenoxy) is 2. The summed E-state index contributed by atoms with van der Waals surface area (Å²) in [6, 6.07) is 14.1.